The first-order valence-electron chi connectivity index (χ1n) is 16.6. The molecule has 0 radical (unpaired) electrons. The highest BCUT2D eigenvalue weighted by Gasteiger charge is 2.44. The largest absolute Gasteiger partial charge is 0.494 e. The van der Waals surface area contributed by atoms with Crippen molar-refractivity contribution in [2.45, 2.75) is 69.1 Å². The van der Waals surface area contributed by atoms with Crippen LogP contribution in [-0.4, -0.2) is 97.9 Å². The van der Waals surface area contributed by atoms with Crippen molar-refractivity contribution in [1.82, 2.24) is 19.4 Å². The van der Waals surface area contributed by atoms with Gasteiger partial charge in [0.05, 0.1) is 42.8 Å². The van der Waals surface area contributed by atoms with Gasteiger partial charge in [0.1, 0.15) is 11.9 Å². The van der Waals surface area contributed by atoms with Gasteiger partial charge in [0.25, 0.3) is 0 Å². The van der Waals surface area contributed by atoms with Gasteiger partial charge in [0.2, 0.25) is 16.8 Å². The second-order valence-corrected chi connectivity index (χ2v) is 14.8. The topological polar surface area (TPSA) is 160 Å². The molecule has 49 heavy (non-hydrogen) atoms. The molecule has 1 aromatic heterocycles. The van der Waals surface area contributed by atoms with Gasteiger partial charge in [-0.15, -0.1) is 0 Å². The third-order valence-electron chi connectivity index (χ3n) is 8.69. The highest BCUT2D eigenvalue weighted by Crippen LogP contribution is 2.35. The van der Waals surface area contributed by atoms with Crippen molar-refractivity contribution in [3.63, 3.8) is 0 Å². The number of hydrogen-bond donors (Lipinski definition) is 2. The second kappa shape index (κ2) is 15.8. The normalized spacial score (nSPS) is 21.1. The molecule has 6 rings (SSSR count). The number of ether oxygens (including phenoxy) is 6. The predicted molar refractivity (Wildman–Crippen MR) is 176 cm³/mol. The number of aromatic nitrogens is 2. The van der Waals surface area contributed by atoms with Crippen LogP contribution in [0.4, 0.5) is 4.79 Å². The van der Waals surface area contributed by atoms with E-state index in [1.807, 2.05) is 55.1 Å². The van der Waals surface area contributed by atoms with E-state index in [0.29, 0.717) is 36.9 Å². The standard InChI is InChI=1S/C34H44N4O10S/c1-23(2)19-38(49(41,42)26-9-10-30-31(18-26)47-22-46-30)20-29(39)28(36-34(40)48-32-21-45-33-27(32)11-16-44-33)17-24-5-7-25(8-6-24)43-15-4-14-37-13-3-12-35-37/h3,5-10,12-13,18,23,27-29,32-33,39H,4,11,14-17,19-22H2,1-2H3,(H,36,40)/t27-,28-,29+,32-,33+/m0/s1. The van der Waals surface area contributed by atoms with Crippen LogP contribution in [0.2, 0.25) is 0 Å². The molecule has 0 aliphatic carbocycles. The first-order chi connectivity index (χ1) is 23.7. The van der Waals surface area contributed by atoms with Gasteiger partial charge in [0, 0.05) is 44.5 Å². The lowest BCUT2D eigenvalue weighted by atomic mass is 10.0. The van der Waals surface area contributed by atoms with Gasteiger partial charge in [-0.1, -0.05) is 26.0 Å². The molecule has 2 aromatic carbocycles. The van der Waals surface area contributed by atoms with Gasteiger partial charge in [-0.2, -0.15) is 9.40 Å². The summed E-state index contributed by atoms with van der Waals surface area (Å²) < 4.78 is 64.5. The summed E-state index contributed by atoms with van der Waals surface area (Å²) in [6.45, 7) is 5.67. The lowest BCUT2D eigenvalue weighted by molar-refractivity contribution is -0.0907. The molecule has 2 N–H and O–H groups in total. The molecule has 3 aliphatic rings. The Morgan fingerprint density at radius 2 is 1.94 bits per heavy atom. The molecule has 2 fully saturated rings. The number of rotatable bonds is 16. The zero-order valence-electron chi connectivity index (χ0n) is 27.7. The minimum Gasteiger partial charge on any atom is -0.494 e. The number of aliphatic hydroxyl groups is 1. The maximum absolute atomic E-state index is 13.9. The number of carbonyl (C=O) groups excluding carboxylic acids is 1. The monoisotopic (exact) mass is 700 g/mol. The van der Waals surface area contributed by atoms with E-state index in [1.54, 1.807) is 12.3 Å². The van der Waals surface area contributed by atoms with Gasteiger partial charge in [0.15, 0.2) is 17.8 Å². The van der Waals surface area contributed by atoms with E-state index in [2.05, 4.69) is 10.4 Å². The Hall–Kier alpha value is -3.89. The van der Waals surface area contributed by atoms with Crippen LogP contribution < -0.4 is 19.5 Å². The molecule has 3 aromatic rings. The van der Waals surface area contributed by atoms with Crippen LogP contribution in [0.5, 0.6) is 17.2 Å². The Morgan fingerprint density at radius 1 is 1.12 bits per heavy atom. The van der Waals surface area contributed by atoms with E-state index in [-0.39, 0.29) is 49.6 Å². The lowest BCUT2D eigenvalue weighted by Crippen LogP contribution is -2.51. The van der Waals surface area contributed by atoms with Crippen LogP contribution in [0.15, 0.2) is 65.8 Å². The summed E-state index contributed by atoms with van der Waals surface area (Å²) >= 11 is 0. The van der Waals surface area contributed by atoms with Crippen LogP contribution in [-0.2, 0) is 37.2 Å². The summed E-state index contributed by atoms with van der Waals surface area (Å²) in [5.41, 5.74) is 0.802. The molecule has 0 spiro atoms. The smallest absolute Gasteiger partial charge is 0.407 e. The third kappa shape index (κ3) is 8.83. The third-order valence-corrected chi connectivity index (χ3v) is 10.5. The number of alkyl carbamates (subject to hydrolysis) is 1. The van der Waals surface area contributed by atoms with Crippen LogP contribution in [0.25, 0.3) is 0 Å². The molecule has 4 heterocycles. The predicted octanol–water partition coefficient (Wildman–Crippen LogP) is 3.19. The fourth-order valence-corrected chi connectivity index (χ4v) is 7.82. The van der Waals surface area contributed by atoms with Crippen molar-refractivity contribution in [3.8, 4) is 17.2 Å². The van der Waals surface area contributed by atoms with E-state index in [4.69, 9.17) is 28.4 Å². The fraction of sp³-hybridized carbons (Fsp3) is 0.529. The van der Waals surface area contributed by atoms with Crippen LogP contribution in [0, 0.1) is 11.8 Å². The number of amides is 1. The SMILES string of the molecule is CC(C)CN(C[C@@H](O)[C@H](Cc1ccc(OCCCn2cccn2)cc1)NC(=O)O[C@H]1CO[C@H]2OCC[C@H]21)S(=O)(=O)c1ccc2c(c1)OCO2. The number of aryl methyl sites for hydroxylation is 1. The highest BCUT2D eigenvalue weighted by molar-refractivity contribution is 7.89. The molecular formula is C34H44N4O10S. The van der Waals surface area contributed by atoms with Crippen LogP contribution in [0.1, 0.15) is 32.3 Å². The molecule has 14 nitrogen and oxygen atoms in total. The summed E-state index contributed by atoms with van der Waals surface area (Å²) in [4.78, 5) is 13.3. The first-order valence-corrected chi connectivity index (χ1v) is 18.1. The number of nitrogens with zero attached hydrogens (tertiary/aromatic N) is 3. The minimum absolute atomic E-state index is 0.0112. The van der Waals surface area contributed by atoms with Gasteiger partial charge < -0.3 is 38.8 Å². The molecular weight excluding hydrogens is 656 g/mol. The summed E-state index contributed by atoms with van der Waals surface area (Å²) in [6.07, 6.45) is 2.44. The van der Waals surface area contributed by atoms with Crippen molar-refractivity contribution < 1.29 is 46.7 Å². The van der Waals surface area contributed by atoms with Crippen molar-refractivity contribution >= 4 is 16.1 Å². The Morgan fingerprint density at radius 3 is 2.71 bits per heavy atom. The van der Waals surface area contributed by atoms with Crippen LogP contribution >= 0.6 is 0 Å². The maximum atomic E-state index is 13.9. The number of fused-ring (bicyclic) bond motifs is 2. The van der Waals surface area contributed by atoms with E-state index in [0.717, 1.165) is 18.5 Å². The summed E-state index contributed by atoms with van der Waals surface area (Å²) in [5.74, 6) is 1.37. The van der Waals surface area contributed by atoms with Gasteiger partial charge >= 0.3 is 6.09 Å². The van der Waals surface area contributed by atoms with E-state index in [9.17, 15) is 18.3 Å². The second-order valence-electron chi connectivity index (χ2n) is 12.8. The Bertz CT molecular complexity index is 1640. The molecule has 266 valence electrons. The number of nitrogens with one attached hydrogen (secondary N) is 1. The van der Waals surface area contributed by atoms with E-state index in [1.165, 1.54) is 16.4 Å². The Kier molecular flexibility index (Phi) is 11.2. The number of hydrogen-bond acceptors (Lipinski definition) is 11. The quantitative estimate of drug-likeness (QED) is 0.211. The fourth-order valence-electron chi connectivity index (χ4n) is 6.18. The minimum atomic E-state index is -4.07. The van der Waals surface area contributed by atoms with Crippen molar-refractivity contribution in [2.75, 3.05) is 39.7 Å². The van der Waals surface area contributed by atoms with Crippen molar-refractivity contribution in [3.05, 3.63) is 66.5 Å². The molecule has 5 atom stereocenters. The van der Waals surface area contributed by atoms with Crippen LogP contribution in [0.3, 0.4) is 0 Å². The van der Waals surface area contributed by atoms with E-state index >= 15 is 0 Å². The molecule has 1 amide bonds. The van der Waals surface area contributed by atoms with Gasteiger partial charge in [-0.05, 0) is 54.7 Å². The van der Waals surface area contributed by atoms with Crippen molar-refractivity contribution in [2.24, 2.45) is 11.8 Å². The lowest BCUT2D eigenvalue weighted by Gasteiger charge is -2.31. The van der Waals surface area contributed by atoms with Gasteiger partial charge in [-0.25, -0.2) is 13.2 Å². The summed E-state index contributed by atoms with van der Waals surface area (Å²) in [7, 11) is -4.07. The summed E-state index contributed by atoms with van der Waals surface area (Å²) in [6, 6.07) is 12.8. The molecule has 0 unspecified atom stereocenters. The highest BCUT2D eigenvalue weighted by atomic mass is 32.2. The molecule has 0 saturated carbocycles. The number of carbonyl (C=O) groups is 1. The van der Waals surface area contributed by atoms with Gasteiger partial charge in [-0.3, -0.25) is 4.68 Å². The molecule has 3 aliphatic heterocycles. The number of sulfonamides is 1. The van der Waals surface area contributed by atoms with Crippen molar-refractivity contribution in [1.29, 1.82) is 0 Å². The molecule has 2 saturated heterocycles. The zero-order chi connectivity index (χ0) is 34.4. The summed E-state index contributed by atoms with van der Waals surface area (Å²) in [5, 5.41) is 18.7. The molecule has 15 heteroatoms. The Balaban J connectivity index is 1.15. The zero-order valence-corrected chi connectivity index (χ0v) is 28.5. The maximum Gasteiger partial charge on any atom is 0.407 e. The molecule has 0 bridgehead atoms. The first kappa shape index (κ1) is 35.0. The average Bonchev–Trinajstić information content (AvgIpc) is 3.90. The Labute approximate surface area is 286 Å². The van der Waals surface area contributed by atoms with E-state index < -0.39 is 40.7 Å². The average molecular weight is 701 g/mol. The number of benzene rings is 2. The number of aliphatic hydroxyl groups excluding tert-OH is 1.